The van der Waals surface area contributed by atoms with Gasteiger partial charge in [-0.05, 0) is 12.8 Å². The van der Waals surface area contributed by atoms with Gasteiger partial charge in [-0.25, -0.2) is 4.98 Å². The highest BCUT2D eigenvalue weighted by Gasteiger charge is 2.17. The van der Waals surface area contributed by atoms with Crippen molar-refractivity contribution in [1.82, 2.24) is 14.5 Å². The second kappa shape index (κ2) is 9.15. The topological polar surface area (TPSA) is 64.4 Å². The van der Waals surface area contributed by atoms with Crippen LogP contribution in [-0.2, 0) is 14.3 Å². The zero-order chi connectivity index (χ0) is 15.7. The van der Waals surface area contributed by atoms with Gasteiger partial charge in [0.2, 0.25) is 5.91 Å². The summed E-state index contributed by atoms with van der Waals surface area (Å²) in [6, 6.07) is 0.146. The first-order chi connectivity index (χ1) is 10.1. The van der Waals surface area contributed by atoms with Crippen molar-refractivity contribution >= 4 is 11.9 Å². The summed E-state index contributed by atoms with van der Waals surface area (Å²) < 4.78 is 6.58. The molecule has 0 radical (unpaired) electrons. The summed E-state index contributed by atoms with van der Waals surface area (Å²) in [4.78, 5) is 29.0. The van der Waals surface area contributed by atoms with Gasteiger partial charge in [-0.15, -0.1) is 0 Å². The molecule has 0 aliphatic carbocycles. The molecule has 0 N–H and O–H groups in total. The van der Waals surface area contributed by atoms with E-state index in [1.54, 1.807) is 24.5 Å². The highest BCUT2D eigenvalue weighted by Crippen LogP contribution is 2.18. The fourth-order valence-corrected chi connectivity index (χ4v) is 2.22. The standard InChI is InChI=1S/C15H25N3O3/c1-4-6-13(18-10-8-16-12-18)11-14(19)17(2)9-5-7-15(20)21-3/h8,10,12-13H,4-7,9,11H2,1-3H3. The second-order valence-corrected chi connectivity index (χ2v) is 5.15. The van der Waals surface area contributed by atoms with E-state index in [2.05, 4.69) is 16.6 Å². The van der Waals surface area contributed by atoms with Gasteiger partial charge in [0.25, 0.3) is 0 Å². The molecular weight excluding hydrogens is 270 g/mol. The highest BCUT2D eigenvalue weighted by molar-refractivity contribution is 5.76. The van der Waals surface area contributed by atoms with Crippen LogP contribution in [-0.4, -0.2) is 47.0 Å². The van der Waals surface area contributed by atoms with E-state index in [9.17, 15) is 9.59 Å². The van der Waals surface area contributed by atoms with Crippen LogP contribution in [0.3, 0.4) is 0 Å². The summed E-state index contributed by atoms with van der Waals surface area (Å²) in [5.74, 6) is -0.148. The van der Waals surface area contributed by atoms with Gasteiger partial charge in [0.15, 0.2) is 0 Å². The fourth-order valence-electron chi connectivity index (χ4n) is 2.22. The van der Waals surface area contributed by atoms with E-state index in [1.807, 2.05) is 10.8 Å². The number of carbonyl (C=O) groups excluding carboxylic acids is 2. The van der Waals surface area contributed by atoms with Crippen LogP contribution in [0, 0.1) is 0 Å². The number of carbonyl (C=O) groups is 2. The van der Waals surface area contributed by atoms with E-state index in [0.717, 1.165) is 12.8 Å². The number of nitrogens with zero attached hydrogens (tertiary/aromatic N) is 3. The summed E-state index contributed by atoms with van der Waals surface area (Å²) >= 11 is 0. The van der Waals surface area contributed by atoms with Crippen LogP contribution in [0.5, 0.6) is 0 Å². The first-order valence-corrected chi connectivity index (χ1v) is 7.36. The van der Waals surface area contributed by atoms with Gasteiger partial charge in [-0.3, -0.25) is 9.59 Å². The smallest absolute Gasteiger partial charge is 0.305 e. The number of amides is 1. The Labute approximate surface area is 126 Å². The van der Waals surface area contributed by atoms with Crippen molar-refractivity contribution < 1.29 is 14.3 Å². The van der Waals surface area contributed by atoms with Gasteiger partial charge in [0, 0.05) is 44.9 Å². The Morgan fingerprint density at radius 3 is 2.76 bits per heavy atom. The maximum atomic E-state index is 12.2. The Balaban J connectivity index is 2.43. The van der Waals surface area contributed by atoms with Gasteiger partial charge >= 0.3 is 5.97 Å². The summed E-state index contributed by atoms with van der Waals surface area (Å²) in [6.07, 6.45) is 8.76. The van der Waals surface area contributed by atoms with E-state index in [-0.39, 0.29) is 17.9 Å². The molecule has 6 heteroatoms. The molecular formula is C15H25N3O3. The molecule has 1 heterocycles. The van der Waals surface area contributed by atoms with Crippen molar-refractivity contribution in [1.29, 1.82) is 0 Å². The van der Waals surface area contributed by atoms with Gasteiger partial charge in [0.05, 0.1) is 13.4 Å². The third-order valence-electron chi connectivity index (χ3n) is 3.51. The molecule has 0 bridgehead atoms. The average Bonchev–Trinajstić information content (AvgIpc) is 3.00. The third-order valence-corrected chi connectivity index (χ3v) is 3.51. The molecule has 1 atom stereocenters. The molecule has 0 saturated carbocycles. The lowest BCUT2D eigenvalue weighted by atomic mass is 10.1. The van der Waals surface area contributed by atoms with Gasteiger partial charge in [-0.1, -0.05) is 13.3 Å². The lowest BCUT2D eigenvalue weighted by Gasteiger charge is -2.22. The van der Waals surface area contributed by atoms with E-state index in [1.165, 1.54) is 7.11 Å². The molecule has 21 heavy (non-hydrogen) atoms. The Morgan fingerprint density at radius 2 is 2.19 bits per heavy atom. The number of rotatable bonds is 9. The summed E-state index contributed by atoms with van der Waals surface area (Å²) in [5.41, 5.74) is 0. The molecule has 1 unspecified atom stereocenters. The van der Waals surface area contributed by atoms with Crippen LogP contribution in [0.15, 0.2) is 18.7 Å². The predicted molar refractivity (Wildman–Crippen MR) is 79.7 cm³/mol. The van der Waals surface area contributed by atoms with Crippen LogP contribution in [0.4, 0.5) is 0 Å². The van der Waals surface area contributed by atoms with Crippen molar-refractivity contribution in [2.75, 3.05) is 20.7 Å². The fraction of sp³-hybridized carbons (Fsp3) is 0.667. The number of ether oxygens (including phenoxy) is 1. The lowest BCUT2D eigenvalue weighted by Crippen LogP contribution is -2.30. The minimum Gasteiger partial charge on any atom is -0.469 e. The summed E-state index contributed by atoms with van der Waals surface area (Å²) in [7, 11) is 3.15. The van der Waals surface area contributed by atoms with Crippen molar-refractivity contribution in [2.45, 2.75) is 45.1 Å². The molecule has 1 rings (SSSR count). The van der Waals surface area contributed by atoms with E-state index < -0.39 is 0 Å². The zero-order valence-electron chi connectivity index (χ0n) is 13.1. The zero-order valence-corrected chi connectivity index (χ0v) is 13.1. The summed E-state index contributed by atoms with van der Waals surface area (Å²) in [6.45, 7) is 2.67. The highest BCUT2D eigenvalue weighted by atomic mass is 16.5. The number of hydrogen-bond acceptors (Lipinski definition) is 4. The molecule has 0 spiro atoms. The predicted octanol–water partition coefficient (Wildman–Crippen LogP) is 2.03. The Kier molecular flexibility index (Phi) is 7.50. The number of imidazole rings is 1. The third kappa shape index (κ3) is 5.97. The largest absolute Gasteiger partial charge is 0.469 e. The van der Waals surface area contributed by atoms with Crippen LogP contribution in [0.2, 0.25) is 0 Å². The van der Waals surface area contributed by atoms with Crippen molar-refractivity contribution in [2.24, 2.45) is 0 Å². The van der Waals surface area contributed by atoms with Gasteiger partial charge in [-0.2, -0.15) is 0 Å². The summed E-state index contributed by atoms with van der Waals surface area (Å²) in [5, 5.41) is 0. The minimum atomic E-state index is -0.238. The van der Waals surface area contributed by atoms with Crippen LogP contribution in [0.25, 0.3) is 0 Å². The molecule has 0 saturated heterocycles. The van der Waals surface area contributed by atoms with Gasteiger partial charge < -0.3 is 14.2 Å². The van der Waals surface area contributed by atoms with E-state index >= 15 is 0 Å². The second-order valence-electron chi connectivity index (χ2n) is 5.15. The van der Waals surface area contributed by atoms with Crippen LogP contribution in [0.1, 0.15) is 45.1 Å². The molecule has 1 aromatic heterocycles. The Hall–Kier alpha value is -1.85. The van der Waals surface area contributed by atoms with E-state index in [4.69, 9.17) is 0 Å². The van der Waals surface area contributed by atoms with Gasteiger partial charge in [0.1, 0.15) is 0 Å². The van der Waals surface area contributed by atoms with Crippen LogP contribution < -0.4 is 0 Å². The first kappa shape index (κ1) is 17.2. The quantitative estimate of drug-likeness (QED) is 0.654. The molecule has 118 valence electrons. The molecule has 0 aliphatic rings. The normalized spacial score (nSPS) is 12.0. The molecule has 1 aromatic rings. The molecule has 0 aliphatic heterocycles. The molecule has 6 nitrogen and oxygen atoms in total. The molecule has 1 amide bonds. The average molecular weight is 295 g/mol. The number of methoxy groups -OCH3 is 1. The van der Waals surface area contributed by atoms with Crippen molar-refractivity contribution in [3.63, 3.8) is 0 Å². The molecule has 0 fully saturated rings. The molecule has 0 aromatic carbocycles. The van der Waals surface area contributed by atoms with E-state index in [0.29, 0.717) is 25.8 Å². The first-order valence-electron chi connectivity index (χ1n) is 7.36. The number of hydrogen-bond donors (Lipinski definition) is 0. The monoisotopic (exact) mass is 295 g/mol. The van der Waals surface area contributed by atoms with Crippen LogP contribution >= 0.6 is 0 Å². The number of aromatic nitrogens is 2. The van der Waals surface area contributed by atoms with Crippen molar-refractivity contribution in [3.05, 3.63) is 18.7 Å². The minimum absolute atomic E-state index is 0.0898. The number of esters is 1. The maximum Gasteiger partial charge on any atom is 0.305 e. The SMILES string of the molecule is CCCC(CC(=O)N(C)CCCC(=O)OC)n1ccnc1. The Morgan fingerprint density at radius 1 is 1.43 bits per heavy atom. The maximum absolute atomic E-state index is 12.2. The van der Waals surface area contributed by atoms with Crippen molar-refractivity contribution in [3.8, 4) is 0 Å². The Bertz CT molecular complexity index is 431. The lowest BCUT2D eigenvalue weighted by molar-refractivity contribution is -0.141.